The summed E-state index contributed by atoms with van der Waals surface area (Å²) in [6.45, 7) is 2.35. The summed E-state index contributed by atoms with van der Waals surface area (Å²) in [5.74, 6) is 0.639. The predicted molar refractivity (Wildman–Crippen MR) is 76.3 cm³/mol. The molecule has 4 heteroatoms. The van der Waals surface area contributed by atoms with Crippen LogP contribution in [0.4, 0.5) is 0 Å². The van der Waals surface area contributed by atoms with Gasteiger partial charge >= 0.3 is 0 Å². The molecule has 0 saturated heterocycles. The molecule has 0 spiro atoms. The lowest BCUT2D eigenvalue weighted by Gasteiger charge is -2.22. The van der Waals surface area contributed by atoms with Crippen molar-refractivity contribution in [3.8, 4) is 0 Å². The zero-order chi connectivity index (χ0) is 13.8. The Labute approximate surface area is 118 Å². The Hall–Kier alpha value is -1.29. The zero-order valence-electron chi connectivity index (χ0n) is 10.8. The highest BCUT2D eigenvalue weighted by Gasteiger charge is 2.24. The number of aryl methyl sites for hydroxylation is 1. The van der Waals surface area contributed by atoms with E-state index in [-0.39, 0.29) is 5.92 Å². The number of aliphatic hydroxyl groups excluding tert-OH is 1. The summed E-state index contributed by atoms with van der Waals surface area (Å²) in [6.07, 6.45) is 1.68. The van der Waals surface area contributed by atoms with Crippen molar-refractivity contribution in [3.05, 3.63) is 58.5 Å². The van der Waals surface area contributed by atoms with Gasteiger partial charge in [-0.25, -0.2) is 0 Å². The van der Waals surface area contributed by atoms with E-state index in [1.54, 1.807) is 6.26 Å². The Morgan fingerprint density at radius 2 is 1.95 bits per heavy atom. The molecule has 0 bridgehead atoms. The molecule has 2 aromatic rings. The standard InChI is InChI=1S/C15H18ClNO2/c1-2-14-12(7-8-19-14)15(18)13(9-17)10-3-5-11(16)6-4-10/h3-8,13,15,18H,2,9,17H2,1H3. The first-order valence-electron chi connectivity index (χ1n) is 6.37. The van der Waals surface area contributed by atoms with E-state index >= 15 is 0 Å². The first-order chi connectivity index (χ1) is 9.17. The summed E-state index contributed by atoms with van der Waals surface area (Å²) in [5, 5.41) is 11.2. The van der Waals surface area contributed by atoms with Crippen LogP contribution < -0.4 is 5.73 Å². The summed E-state index contributed by atoms with van der Waals surface area (Å²) in [7, 11) is 0. The highest BCUT2D eigenvalue weighted by Crippen LogP contribution is 2.33. The van der Waals surface area contributed by atoms with E-state index in [1.165, 1.54) is 0 Å². The number of hydrogen-bond acceptors (Lipinski definition) is 3. The van der Waals surface area contributed by atoms with Gasteiger partial charge in [0, 0.05) is 29.5 Å². The SMILES string of the molecule is CCc1occc1C(O)C(CN)c1ccc(Cl)cc1. The second-order valence-corrected chi connectivity index (χ2v) is 4.93. The maximum absolute atomic E-state index is 10.5. The van der Waals surface area contributed by atoms with Crippen molar-refractivity contribution in [2.45, 2.75) is 25.4 Å². The predicted octanol–water partition coefficient (Wildman–Crippen LogP) is 3.27. The number of rotatable bonds is 5. The number of aliphatic hydroxyl groups is 1. The van der Waals surface area contributed by atoms with Crippen molar-refractivity contribution in [1.29, 1.82) is 0 Å². The number of benzene rings is 1. The largest absolute Gasteiger partial charge is 0.469 e. The van der Waals surface area contributed by atoms with Crippen LogP contribution in [0.1, 0.15) is 35.8 Å². The lowest BCUT2D eigenvalue weighted by atomic mass is 9.89. The Bertz CT molecular complexity index is 521. The zero-order valence-corrected chi connectivity index (χ0v) is 11.6. The van der Waals surface area contributed by atoms with Gasteiger partial charge in [-0.2, -0.15) is 0 Å². The quantitative estimate of drug-likeness (QED) is 0.883. The van der Waals surface area contributed by atoms with Crippen molar-refractivity contribution < 1.29 is 9.52 Å². The molecule has 2 unspecified atom stereocenters. The van der Waals surface area contributed by atoms with E-state index in [0.29, 0.717) is 11.6 Å². The van der Waals surface area contributed by atoms with E-state index in [0.717, 1.165) is 23.3 Å². The molecule has 3 N–H and O–H groups in total. The van der Waals surface area contributed by atoms with Crippen molar-refractivity contribution >= 4 is 11.6 Å². The lowest BCUT2D eigenvalue weighted by Crippen LogP contribution is -2.20. The average Bonchev–Trinajstić information content (AvgIpc) is 2.90. The van der Waals surface area contributed by atoms with Gasteiger partial charge in [0.15, 0.2) is 0 Å². The maximum Gasteiger partial charge on any atom is 0.109 e. The molecular weight excluding hydrogens is 262 g/mol. The third-order valence-electron chi connectivity index (χ3n) is 3.35. The van der Waals surface area contributed by atoms with Crippen LogP contribution in [0, 0.1) is 0 Å². The second kappa shape index (κ2) is 6.24. The van der Waals surface area contributed by atoms with Crippen LogP contribution in [0.2, 0.25) is 5.02 Å². The van der Waals surface area contributed by atoms with E-state index in [2.05, 4.69) is 0 Å². The third-order valence-corrected chi connectivity index (χ3v) is 3.60. The normalized spacial score (nSPS) is 14.3. The molecule has 102 valence electrons. The molecule has 3 nitrogen and oxygen atoms in total. The Morgan fingerprint density at radius 3 is 2.53 bits per heavy atom. The van der Waals surface area contributed by atoms with Crippen LogP contribution in [0.25, 0.3) is 0 Å². The first kappa shape index (κ1) is 14.1. The van der Waals surface area contributed by atoms with Gasteiger partial charge in [0.2, 0.25) is 0 Å². The Morgan fingerprint density at radius 1 is 1.26 bits per heavy atom. The van der Waals surface area contributed by atoms with Gasteiger partial charge < -0.3 is 15.3 Å². The fraction of sp³-hybridized carbons (Fsp3) is 0.333. The molecule has 1 aromatic heterocycles. The van der Waals surface area contributed by atoms with E-state index in [9.17, 15) is 5.11 Å². The molecule has 19 heavy (non-hydrogen) atoms. The third kappa shape index (κ3) is 3.00. The van der Waals surface area contributed by atoms with Gasteiger partial charge in [-0.1, -0.05) is 30.7 Å². The van der Waals surface area contributed by atoms with Crippen LogP contribution >= 0.6 is 11.6 Å². The van der Waals surface area contributed by atoms with Crippen LogP contribution in [0.15, 0.2) is 41.0 Å². The molecule has 0 fully saturated rings. The highest BCUT2D eigenvalue weighted by molar-refractivity contribution is 6.30. The lowest BCUT2D eigenvalue weighted by molar-refractivity contribution is 0.145. The molecule has 0 aliphatic rings. The second-order valence-electron chi connectivity index (χ2n) is 4.49. The van der Waals surface area contributed by atoms with Crippen LogP contribution in [0.3, 0.4) is 0 Å². The molecule has 0 amide bonds. The summed E-state index contributed by atoms with van der Waals surface area (Å²) in [6, 6.07) is 9.22. The minimum Gasteiger partial charge on any atom is -0.469 e. The molecule has 1 heterocycles. The number of hydrogen-bond donors (Lipinski definition) is 2. The van der Waals surface area contributed by atoms with Crippen molar-refractivity contribution in [2.24, 2.45) is 5.73 Å². The number of furan rings is 1. The van der Waals surface area contributed by atoms with Gasteiger partial charge in [-0.15, -0.1) is 0 Å². The van der Waals surface area contributed by atoms with Crippen LogP contribution in [0.5, 0.6) is 0 Å². The monoisotopic (exact) mass is 279 g/mol. The molecule has 0 saturated carbocycles. The van der Waals surface area contributed by atoms with Gasteiger partial charge in [-0.3, -0.25) is 0 Å². The Balaban J connectivity index is 2.29. The topological polar surface area (TPSA) is 59.4 Å². The highest BCUT2D eigenvalue weighted by atomic mass is 35.5. The number of halogens is 1. The van der Waals surface area contributed by atoms with Gasteiger partial charge in [-0.05, 0) is 23.8 Å². The van der Waals surface area contributed by atoms with Gasteiger partial charge in [0.1, 0.15) is 5.76 Å². The van der Waals surface area contributed by atoms with Gasteiger partial charge in [0.05, 0.1) is 12.4 Å². The first-order valence-corrected chi connectivity index (χ1v) is 6.75. The van der Waals surface area contributed by atoms with E-state index in [4.69, 9.17) is 21.8 Å². The summed E-state index contributed by atoms with van der Waals surface area (Å²) < 4.78 is 5.36. The number of nitrogens with two attached hydrogens (primary N) is 1. The fourth-order valence-electron chi connectivity index (χ4n) is 2.28. The summed E-state index contributed by atoms with van der Waals surface area (Å²) in [4.78, 5) is 0. The summed E-state index contributed by atoms with van der Waals surface area (Å²) >= 11 is 5.88. The maximum atomic E-state index is 10.5. The van der Waals surface area contributed by atoms with Crippen molar-refractivity contribution in [2.75, 3.05) is 6.54 Å². The minimum atomic E-state index is -0.667. The molecule has 1 aromatic carbocycles. The smallest absolute Gasteiger partial charge is 0.109 e. The van der Waals surface area contributed by atoms with E-state index < -0.39 is 6.10 Å². The Kier molecular flexibility index (Phi) is 4.64. The molecule has 2 atom stereocenters. The molecule has 0 radical (unpaired) electrons. The molecule has 0 aliphatic carbocycles. The molecular formula is C15H18ClNO2. The fourth-order valence-corrected chi connectivity index (χ4v) is 2.40. The van der Waals surface area contributed by atoms with Gasteiger partial charge in [0.25, 0.3) is 0 Å². The summed E-state index contributed by atoms with van der Waals surface area (Å²) in [5.41, 5.74) is 7.61. The van der Waals surface area contributed by atoms with E-state index in [1.807, 2.05) is 37.3 Å². The van der Waals surface area contributed by atoms with Crippen molar-refractivity contribution in [3.63, 3.8) is 0 Å². The molecule has 0 aliphatic heterocycles. The van der Waals surface area contributed by atoms with Crippen molar-refractivity contribution in [1.82, 2.24) is 0 Å². The molecule has 2 rings (SSSR count). The van der Waals surface area contributed by atoms with Crippen LogP contribution in [-0.2, 0) is 6.42 Å². The van der Waals surface area contributed by atoms with Crippen LogP contribution in [-0.4, -0.2) is 11.7 Å². The minimum absolute atomic E-state index is 0.167. The average molecular weight is 280 g/mol.